The van der Waals surface area contributed by atoms with Gasteiger partial charge in [-0.2, -0.15) is 4.72 Å². The molecule has 0 aliphatic rings. The number of hydrogen-bond acceptors (Lipinski definition) is 6. The summed E-state index contributed by atoms with van der Waals surface area (Å²) in [6.07, 6.45) is 2.19. The number of methoxy groups -OCH3 is 2. The van der Waals surface area contributed by atoms with E-state index in [0.717, 1.165) is 16.0 Å². The highest BCUT2D eigenvalue weighted by Crippen LogP contribution is 2.29. The molecule has 0 saturated carbocycles. The predicted octanol–water partition coefficient (Wildman–Crippen LogP) is 4.19. The van der Waals surface area contributed by atoms with E-state index in [0.29, 0.717) is 5.75 Å². The van der Waals surface area contributed by atoms with Gasteiger partial charge in [0.2, 0.25) is 15.9 Å². The number of thioether (sulfide) groups is 1. The van der Waals surface area contributed by atoms with Crippen LogP contribution >= 0.6 is 11.8 Å². The third-order valence-electron chi connectivity index (χ3n) is 5.54. The van der Waals surface area contributed by atoms with E-state index in [-0.39, 0.29) is 23.1 Å². The molecule has 3 aromatic rings. The second-order valence-electron chi connectivity index (χ2n) is 7.88. The minimum atomic E-state index is -4.04. The Morgan fingerprint density at radius 1 is 0.943 bits per heavy atom. The van der Waals surface area contributed by atoms with Crippen molar-refractivity contribution in [3.63, 3.8) is 0 Å². The number of nitrogens with one attached hydrogen (secondary N) is 2. The molecule has 0 spiro atoms. The molecule has 7 nitrogen and oxygen atoms in total. The van der Waals surface area contributed by atoms with Gasteiger partial charge in [-0.1, -0.05) is 42.5 Å². The summed E-state index contributed by atoms with van der Waals surface area (Å²) in [5.41, 5.74) is 1.76. The van der Waals surface area contributed by atoms with Crippen LogP contribution in [0.3, 0.4) is 0 Å². The minimum Gasteiger partial charge on any atom is -0.493 e. The van der Waals surface area contributed by atoms with Crippen LogP contribution in [0.4, 0.5) is 0 Å². The Kier molecular flexibility index (Phi) is 9.20. The lowest BCUT2D eigenvalue weighted by molar-refractivity contribution is -0.123. The lowest BCUT2D eigenvalue weighted by atomic mass is 10.0. The van der Waals surface area contributed by atoms with Gasteiger partial charge >= 0.3 is 0 Å². The van der Waals surface area contributed by atoms with Crippen molar-refractivity contribution in [2.24, 2.45) is 0 Å². The van der Waals surface area contributed by atoms with Gasteiger partial charge in [-0.05, 0) is 55.0 Å². The fraction of sp³-hybridized carbons (Fsp3) is 0.269. The van der Waals surface area contributed by atoms with Gasteiger partial charge in [-0.25, -0.2) is 8.42 Å². The number of amides is 1. The van der Waals surface area contributed by atoms with E-state index >= 15 is 0 Å². The molecular formula is C26H30N2O5S2. The molecule has 3 aromatic carbocycles. The van der Waals surface area contributed by atoms with Gasteiger partial charge in [-0.15, -0.1) is 11.8 Å². The smallest absolute Gasteiger partial charge is 0.241 e. The van der Waals surface area contributed by atoms with E-state index < -0.39 is 22.0 Å². The largest absolute Gasteiger partial charge is 0.493 e. The molecule has 0 aliphatic heterocycles. The first kappa shape index (κ1) is 26.6. The van der Waals surface area contributed by atoms with Crippen LogP contribution in [-0.2, 0) is 21.2 Å². The lowest BCUT2D eigenvalue weighted by Crippen LogP contribution is -2.48. The number of ether oxygens (including phenoxy) is 2. The van der Waals surface area contributed by atoms with Crippen molar-refractivity contribution in [3.05, 3.63) is 83.9 Å². The predicted molar refractivity (Wildman–Crippen MR) is 139 cm³/mol. The van der Waals surface area contributed by atoms with Gasteiger partial charge in [0.25, 0.3) is 0 Å². The maximum atomic E-state index is 13.3. The molecule has 0 heterocycles. The molecule has 0 bridgehead atoms. The average Bonchev–Trinajstić information content (AvgIpc) is 2.88. The molecule has 1 amide bonds. The van der Waals surface area contributed by atoms with Crippen molar-refractivity contribution < 1.29 is 22.7 Å². The standard InChI is InChI=1S/C26H30N2O5S2/c1-18(20-10-12-21(34-4)13-11-20)27-26(29)23(16-19-8-6-5-7-9-19)28-35(30,31)22-14-15-24(32-2)25(17-22)33-3/h5-15,17-18,23,28H,16H2,1-4H3,(H,27,29)/t18-,23-/m0/s1. The first-order valence-electron chi connectivity index (χ1n) is 11.0. The summed E-state index contributed by atoms with van der Waals surface area (Å²) in [6.45, 7) is 1.87. The first-order valence-corrected chi connectivity index (χ1v) is 13.7. The molecule has 35 heavy (non-hydrogen) atoms. The molecule has 0 radical (unpaired) electrons. The molecule has 0 fully saturated rings. The average molecular weight is 515 g/mol. The monoisotopic (exact) mass is 514 g/mol. The van der Waals surface area contributed by atoms with Crippen molar-refractivity contribution in [1.82, 2.24) is 10.0 Å². The molecule has 0 aromatic heterocycles. The Hall–Kier alpha value is -3.01. The maximum Gasteiger partial charge on any atom is 0.241 e. The van der Waals surface area contributed by atoms with Crippen LogP contribution in [0, 0.1) is 0 Å². The van der Waals surface area contributed by atoms with Crippen LogP contribution in [0.1, 0.15) is 24.1 Å². The third kappa shape index (κ3) is 7.00. The normalized spacial score (nSPS) is 13.0. The van der Waals surface area contributed by atoms with Gasteiger partial charge in [-0.3, -0.25) is 4.79 Å². The van der Waals surface area contributed by atoms with E-state index in [9.17, 15) is 13.2 Å². The van der Waals surface area contributed by atoms with E-state index in [1.165, 1.54) is 32.4 Å². The summed E-state index contributed by atoms with van der Waals surface area (Å²) in [5.74, 6) is 0.271. The Labute approximate surface area is 211 Å². The van der Waals surface area contributed by atoms with Crippen molar-refractivity contribution >= 4 is 27.7 Å². The fourth-order valence-electron chi connectivity index (χ4n) is 3.57. The molecule has 0 aliphatic carbocycles. The highest BCUT2D eigenvalue weighted by atomic mass is 32.2. The molecule has 3 rings (SSSR count). The molecule has 186 valence electrons. The summed E-state index contributed by atoms with van der Waals surface area (Å²) in [4.78, 5) is 14.4. The quantitative estimate of drug-likeness (QED) is 0.373. The zero-order valence-electron chi connectivity index (χ0n) is 20.1. The fourth-order valence-corrected chi connectivity index (χ4v) is 5.19. The van der Waals surface area contributed by atoms with Crippen molar-refractivity contribution in [1.29, 1.82) is 0 Å². The maximum absolute atomic E-state index is 13.3. The van der Waals surface area contributed by atoms with Gasteiger partial charge in [0.15, 0.2) is 11.5 Å². The van der Waals surface area contributed by atoms with Crippen LogP contribution in [-0.4, -0.2) is 40.8 Å². The number of hydrogen-bond donors (Lipinski definition) is 2. The summed E-state index contributed by atoms with van der Waals surface area (Å²) < 4.78 is 39.5. The third-order valence-corrected chi connectivity index (χ3v) is 7.75. The zero-order valence-corrected chi connectivity index (χ0v) is 21.8. The van der Waals surface area contributed by atoms with Gasteiger partial charge in [0, 0.05) is 11.0 Å². The second-order valence-corrected chi connectivity index (χ2v) is 10.5. The Morgan fingerprint density at radius 2 is 1.60 bits per heavy atom. The van der Waals surface area contributed by atoms with Crippen LogP contribution in [0.2, 0.25) is 0 Å². The van der Waals surface area contributed by atoms with E-state index in [1.807, 2.05) is 67.8 Å². The Bertz CT molecular complexity index is 1230. The summed E-state index contributed by atoms with van der Waals surface area (Å²) in [7, 11) is -1.14. The Balaban J connectivity index is 1.85. The van der Waals surface area contributed by atoms with Crippen molar-refractivity contribution in [2.75, 3.05) is 20.5 Å². The van der Waals surface area contributed by atoms with Gasteiger partial charge < -0.3 is 14.8 Å². The number of sulfonamides is 1. The minimum absolute atomic E-state index is 0.0262. The molecule has 2 N–H and O–H groups in total. The van der Waals surface area contributed by atoms with E-state index in [2.05, 4.69) is 10.0 Å². The van der Waals surface area contributed by atoms with Gasteiger partial charge in [0.05, 0.1) is 25.2 Å². The molecule has 9 heteroatoms. The van der Waals surface area contributed by atoms with Crippen LogP contribution in [0.5, 0.6) is 11.5 Å². The number of carbonyl (C=O) groups is 1. The van der Waals surface area contributed by atoms with Crippen molar-refractivity contribution in [3.8, 4) is 11.5 Å². The SMILES string of the molecule is COc1ccc(S(=O)(=O)N[C@@H](Cc2ccccc2)C(=O)N[C@@H](C)c2ccc(SC)cc2)cc1OC. The summed E-state index contributed by atoms with van der Waals surface area (Å²) in [5, 5.41) is 2.95. The summed E-state index contributed by atoms with van der Waals surface area (Å²) >= 11 is 1.64. The number of benzene rings is 3. The first-order chi connectivity index (χ1) is 16.8. The lowest BCUT2D eigenvalue weighted by Gasteiger charge is -2.22. The van der Waals surface area contributed by atoms with E-state index in [1.54, 1.807) is 11.8 Å². The van der Waals surface area contributed by atoms with Crippen molar-refractivity contribution in [2.45, 2.75) is 35.2 Å². The highest BCUT2D eigenvalue weighted by molar-refractivity contribution is 7.98. The zero-order chi connectivity index (χ0) is 25.4. The number of rotatable bonds is 11. The van der Waals surface area contributed by atoms with Crippen LogP contribution in [0.25, 0.3) is 0 Å². The molecule has 0 unspecified atom stereocenters. The highest BCUT2D eigenvalue weighted by Gasteiger charge is 2.28. The Morgan fingerprint density at radius 3 is 2.20 bits per heavy atom. The van der Waals surface area contributed by atoms with Gasteiger partial charge in [0.1, 0.15) is 6.04 Å². The van der Waals surface area contributed by atoms with Crippen LogP contribution < -0.4 is 19.5 Å². The van der Waals surface area contributed by atoms with E-state index in [4.69, 9.17) is 9.47 Å². The summed E-state index contributed by atoms with van der Waals surface area (Å²) in [6, 6.07) is 20.1. The molecule has 0 saturated heterocycles. The van der Waals surface area contributed by atoms with Crippen LogP contribution in [0.15, 0.2) is 82.6 Å². The topological polar surface area (TPSA) is 93.7 Å². The second kappa shape index (κ2) is 12.1. The molecule has 2 atom stereocenters. The molecular weight excluding hydrogens is 484 g/mol. The number of carbonyl (C=O) groups excluding carboxylic acids is 1.